The normalized spacial score (nSPS) is 10.5. The van der Waals surface area contributed by atoms with Gasteiger partial charge in [0.05, 0.1) is 4.88 Å². The molecule has 0 aliphatic heterocycles. The molecule has 0 atom stereocenters. The van der Waals surface area contributed by atoms with Crippen LogP contribution < -0.4 is 5.32 Å². The van der Waals surface area contributed by atoms with E-state index in [1.54, 1.807) is 23.7 Å². The second-order valence-corrected chi connectivity index (χ2v) is 4.45. The van der Waals surface area contributed by atoms with Gasteiger partial charge in [-0.05, 0) is 19.2 Å². The van der Waals surface area contributed by atoms with Crippen molar-refractivity contribution >= 4 is 22.9 Å². The van der Waals surface area contributed by atoms with Crippen LogP contribution in [-0.2, 0) is 6.54 Å². The maximum absolute atomic E-state index is 6.01. The van der Waals surface area contributed by atoms with Crippen molar-refractivity contribution < 1.29 is 0 Å². The molecule has 0 spiro atoms. The highest BCUT2D eigenvalue weighted by Crippen LogP contribution is 2.30. The molecule has 1 N–H and O–H groups in total. The third-order valence-corrected chi connectivity index (χ3v) is 3.42. The van der Waals surface area contributed by atoms with Gasteiger partial charge in [-0.1, -0.05) is 11.6 Å². The smallest absolute Gasteiger partial charge is 0.145 e. The van der Waals surface area contributed by atoms with Crippen molar-refractivity contribution in [2.45, 2.75) is 6.54 Å². The van der Waals surface area contributed by atoms with Crippen LogP contribution in [0.15, 0.2) is 24.5 Å². The summed E-state index contributed by atoms with van der Waals surface area (Å²) in [6, 6.07) is 3.87. The zero-order valence-corrected chi connectivity index (χ0v) is 9.77. The first-order valence-corrected chi connectivity index (χ1v) is 5.71. The highest BCUT2D eigenvalue weighted by atomic mass is 35.5. The van der Waals surface area contributed by atoms with E-state index in [-0.39, 0.29) is 0 Å². The van der Waals surface area contributed by atoms with E-state index in [0.29, 0.717) is 5.15 Å². The summed E-state index contributed by atoms with van der Waals surface area (Å²) in [5, 5.41) is 4.55. The maximum Gasteiger partial charge on any atom is 0.145 e. The molecule has 0 radical (unpaired) electrons. The van der Waals surface area contributed by atoms with Crippen LogP contribution in [0, 0.1) is 0 Å². The van der Waals surface area contributed by atoms with Crippen molar-refractivity contribution in [3.8, 4) is 10.6 Å². The summed E-state index contributed by atoms with van der Waals surface area (Å²) in [6.07, 6.45) is 3.53. The molecule has 0 amide bonds. The van der Waals surface area contributed by atoms with Crippen molar-refractivity contribution in [1.82, 2.24) is 15.3 Å². The molecule has 0 aliphatic rings. The van der Waals surface area contributed by atoms with Crippen LogP contribution in [0.4, 0.5) is 0 Å². The quantitative estimate of drug-likeness (QED) is 0.895. The monoisotopic (exact) mass is 239 g/mol. The fraction of sp³-hybridized carbons (Fsp3) is 0.200. The largest absolute Gasteiger partial charge is 0.315 e. The first-order chi connectivity index (χ1) is 7.31. The van der Waals surface area contributed by atoms with Crippen LogP contribution in [-0.4, -0.2) is 17.0 Å². The van der Waals surface area contributed by atoms with E-state index >= 15 is 0 Å². The fourth-order valence-electron chi connectivity index (χ4n) is 1.22. The average molecular weight is 240 g/mol. The minimum Gasteiger partial charge on any atom is -0.315 e. The summed E-state index contributed by atoms with van der Waals surface area (Å²) >= 11 is 7.60. The Labute approximate surface area is 97.2 Å². The Morgan fingerprint density at radius 1 is 1.53 bits per heavy atom. The molecule has 3 nitrogen and oxygen atoms in total. The second kappa shape index (κ2) is 4.70. The van der Waals surface area contributed by atoms with Crippen molar-refractivity contribution in [2.75, 3.05) is 7.05 Å². The van der Waals surface area contributed by atoms with Crippen LogP contribution >= 0.6 is 22.9 Å². The maximum atomic E-state index is 6.01. The van der Waals surface area contributed by atoms with Gasteiger partial charge in [0, 0.05) is 24.5 Å². The molecule has 0 saturated heterocycles. The van der Waals surface area contributed by atoms with Crippen molar-refractivity contribution in [3.63, 3.8) is 0 Å². The lowest BCUT2D eigenvalue weighted by Gasteiger charge is -1.93. The van der Waals surface area contributed by atoms with Gasteiger partial charge >= 0.3 is 0 Å². The van der Waals surface area contributed by atoms with E-state index in [1.165, 1.54) is 0 Å². The van der Waals surface area contributed by atoms with Gasteiger partial charge in [0.1, 0.15) is 10.2 Å². The Bertz CT molecular complexity index is 441. The predicted octanol–water partition coefficient (Wildman–Crippen LogP) is 2.58. The van der Waals surface area contributed by atoms with Gasteiger partial charge in [-0.25, -0.2) is 4.98 Å². The molecule has 2 rings (SSSR count). The van der Waals surface area contributed by atoms with E-state index in [9.17, 15) is 0 Å². The summed E-state index contributed by atoms with van der Waals surface area (Å²) in [4.78, 5) is 9.41. The number of hydrogen-bond acceptors (Lipinski definition) is 4. The number of hydrogen-bond donors (Lipinski definition) is 1. The minimum absolute atomic E-state index is 0.577. The Morgan fingerprint density at radius 3 is 3.07 bits per heavy atom. The summed E-state index contributed by atoms with van der Waals surface area (Å²) in [7, 11) is 1.89. The molecule has 0 saturated carbocycles. The lowest BCUT2D eigenvalue weighted by Crippen LogP contribution is -2.03. The second-order valence-electron chi connectivity index (χ2n) is 3.01. The lowest BCUT2D eigenvalue weighted by atomic mass is 10.3. The number of nitrogens with zero attached hydrogens (tertiary/aromatic N) is 2. The van der Waals surface area contributed by atoms with E-state index < -0.39 is 0 Å². The van der Waals surface area contributed by atoms with E-state index in [2.05, 4.69) is 15.3 Å². The van der Waals surface area contributed by atoms with Gasteiger partial charge in [-0.3, -0.25) is 4.98 Å². The molecule has 2 aromatic heterocycles. The standard InChI is InChI=1S/C10H10ClN3S/c1-12-6-8-9(11)14-10(15-8)7-3-2-4-13-5-7/h2-5,12H,6H2,1H3. The summed E-state index contributed by atoms with van der Waals surface area (Å²) < 4.78 is 0. The van der Waals surface area contributed by atoms with E-state index in [0.717, 1.165) is 22.0 Å². The number of halogens is 1. The molecule has 78 valence electrons. The third-order valence-electron chi connectivity index (χ3n) is 1.90. The Kier molecular flexibility index (Phi) is 3.30. The van der Waals surface area contributed by atoms with Gasteiger partial charge < -0.3 is 5.32 Å². The van der Waals surface area contributed by atoms with Gasteiger partial charge in [-0.15, -0.1) is 11.3 Å². The van der Waals surface area contributed by atoms with Crippen LogP contribution in [0.1, 0.15) is 4.88 Å². The molecule has 0 aliphatic carbocycles. The van der Waals surface area contributed by atoms with Crippen molar-refractivity contribution in [1.29, 1.82) is 0 Å². The summed E-state index contributed by atoms with van der Waals surface area (Å²) in [6.45, 7) is 0.747. The molecule has 0 unspecified atom stereocenters. The number of thiazole rings is 1. The number of nitrogens with one attached hydrogen (secondary N) is 1. The molecular weight excluding hydrogens is 230 g/mol. The SMILES string of the molecule is CNCc1sc(-c2cccnc2)nc1Cl. The van der Waals surface area contributed by atoms with Crippen LogP contribution in [0.5, 0.6) is 0 Å². The molecule has 2 heterocycles. The van der Waals surface area contributed by atoms with Gasteiger partial charge in [0.25, 0.3) is 0 Å². The zero-order valence-electron chi connectivity index (χ0n) is 8.20. The van der Waals surface area contributed by atoms with Crippen LogP contribution in [0.25, 0.3) is 10.6 Å². The van der Waals surface area contributed by atoms with Gasteiger partial charge in [0.2, 0.25) is 0 Å². The van der Waals surface area contributed by atoms with Crippen molar-refractivity contribution in [3.05, 3.63) is 34.6 Å². The Balaban J connectivity index is 2.34. The molecule has 2 aromatic rings. The molecular formula is C10H10ClN3S. The Hall–Kier alpha value is -0.970. The molecule has 0 bridgehead atoms. The van der Waals surface area contributed by atoms with Gasteiger partial charge in [0.15, 0.2) is 0 Å². The molecule has 0 fully saturated rings. The van der Waals surface area contributed by atoms with Crippen molar-refractivity contribution in [2.24, 2.45) is 0 Å². The first-order valence-electron chi connectivity index (χ1n) is 4.51. The van der Waals surface area contributed by atoms with Crippen LogP contribution in [0.2, 0.25) is 5.15 Å². The van der Waals surface area contributed by atoms with E-state index in [4.69, 9.17) is 11.6 Å². The fourth-order valence-corrected chi connectivity index (χ4v) is 2.49. The molecule has 0 aromatic carbocycles. The van der Waals surface area contributed by atoms with Crippen LogP contribution in [0.3, 0.4) is 0 Å². The Morgan fingerprint density at radius 2 is 2.40 bits per heavy atom. The molecule has 15 heavy (non-hydrogen) atoms. The van der Waals surface area contributed by atoms with Gasteiger partial charge in [-0.2, -0.15) is 0 Å². The summed E-state index contributed by atoms with van der Waals surface area (Å²) in [5.74, 6) is 0. The first kappa shape index (κ1) is 10.5. The van der Waals surface area contributed by atoms with E-state index in [1.807, 2.05) is 19.2 Å². The lowest BCUT2D eigenvalue weighted by molar-refractivity contribution is 0.829. The highest BCUT2D eigenvalue weighted by molar-refractivity contribution is 7.15. The minimum atomic E-state index is 0.577. The highest BCUT2D eigenvalue weighted by Gasteiger charge is 2.09. The molecule has 5 heteroatoms. The summed E-state index contributed by atoms with van der Waals surface area (Å²) in [5.41, 5.74) is 1.01. The number of pyridine rings is 1. The predicted molar refractivity (Wildman–Crippen MR) is 63.1 cm³/mol. The third kappa shape index (κ3) is 2.34. The average Bonchev–Trinajstić information content (AvgIpc) is 2.63. The zero-order chi connectivity index (χ0) is 10.7. The number of aromatic nitrogens is 2. The topological polar surface area (TPSA) is 37.8 Å². The number of rotatable bonds is 3.